The fourth-order valence-corrected chi connectivity index (χ4v) is 2.49. The molecule has 0 spiro atoms. The van der Waals surface area contributed by atoms with E-state index in [9.17, 15) is 0 Å². The van der Waals surface area contributed by atoms with Crippen molar-refractivity contribution in [3.8, 4) is 0 Å². The lowest BCUT2D eigenvalue weighted by molar-refractivity contribution is 0.140. The standard InChI is InChI=1S/C15H24N4O/c1-3-20-10-6-7-12(17-16)11-14-13-8-4-5-9-15(13)19(2)18-14/h4-5,8-9,12,17H,3,6-7,10-11,16H2,1-2H3. The topological polar surface area (TPSA) is 65.1 Å². The lowest BCUT2D eigenvalue weighted by Crippen LogP contribution is -2.37. The first-order valence-electron chi connectivity index (χ1n) is 7.20. The Hall–Kier alpha value is -1.43. The van der Waals surface area contributed by atoms with Crippen LogP contribution in [0.5, 0.6) is 0 Å². The number of aryl methyl sites for hydroxylation is 1. The molecule has 5 heteroatoms. The summed E-state index contributed by atoms with van der Waals surface area (Å²) in [6, 6.07) is 8.52. The molecule has 5 nitrogen and oxygen atoms in total. The van der Waals surface area contributed by atoms with Crippen LogP contribution in [-0.2, 0) is 18.2 Å². The van der Waals surface area contributed by atoms with Gasteiger partial charge < -0.3 is 4.74 Å². The average Bonchev–Trinajstić information content (AvgIpc) is 2.79. The summed E-state index contributed by atoms with van der Waals surface area (Å²) in [6.45, 7) is 3.57. The Morgan fingerprint density at radius 1 is 1.40 bits per heavy atom. The normalized spacial score (nSPS) is 12.9. The maximum absolute atomic E-state index is 5.66. The summed E-state index contributed by atoms with van der Waals surface area (Å²) in [5.41, 5.74) is 5.16. The fourth-order valence-electron chi connectivity index (χ4n) is 2.49. The van der Waals surface area contributed by atoms with Gasteiger partial charge in [0.05, 0.1) is 11.2 Å². The summed E-state index contributed by atoms with van der Waals surface area (Å²) < 4.78 is 7.29. The molecular weight excluding hydrogens is 252 g/mol. The number of benzene rings is 1. The van der Waals surface area contributed by atoms with Gasteiger partial charge in [0.1, 0.15) is 0 Å². The van der Waals surface area contributed by atoms with E-state index in [0.717, 1.165) is 43.7 Å². The molecule has 1 unspecified atom stereocenters. The summed E-state index contributed by atoms with van der Waals surface area (Å²) in [7, 11) is 1.98. The minimum atomic E-state index is 0.230. The number of aromatic nitrogens is 2. The summed E-state index contributed by atoms with van der Waals surface area (Å²) in [4.78, 5) is 0. The van der Waals surface area contributed by atoms with Crippen molar-refractivity contribution in [3.63, 3.8) is 0 Å². The Morgan fingerprint density at radius 3 is 2.95 bits per heavy atom. The van der Waals surface area contributed by atoms with Gasteiger partial charge in [-0.05, 0) is 25.8 Å². The zero-order valence-corrected chi connectivity index (χ0v) is 12.3. The molecule has 0 aliphatic carbocycles. The molecular formula is C15H24N4O. The van der Waals surface area contributed by atoms with E-state index in [-0.39, 0.29) is 6.04 Å². The smallest absolute Gasteiger partial charge is 0.0719 e. The van der Waals surface area contributed by atoms with Gasteiger partial charge in [0, 0.05) is 38.1 Å². The predicted molar refractivity (Wildman–Crippen MR) is 81.3 cm³/mol. The molecule has 2 rings (SSSR count). The number of para-hydroxylation sites is 1. The highest BCUT2D eigenvalue weighted by Crippen LogP contribution is 2.19. The highest BCUT2D eigenvalue weighted by atomic mass is 16.5. The van der Waals surface area contributed by atoms with Crippen LogP contribution >= 0.6 is 0 Å². The monoisotopic (exact) mass is 276 g/mol. The molecule has 1 atom stereocenters. The van der Waals surface area contributed by atoms with Crippen LogP contribution < -0.4 is 11.3 Å². The second-order valence-electron chi connectivity index (χ2n) is 4.99. The molecule has 1 aromatic heterocycles. The first kappa shape index (κ1) is 15.0. The maximum Gasteiger partial charge on any atom is 0.0719 e. The van der Waals surface area contributed by atoms with E-state index in [1.165, 1.54) is 5.39 Å². The fraction of sp³-hybridized carbons (Fsp3) is 0.533. The van der Waals surface area contributed by atoms with Crippen LogP contribution in [0.15, 0.2) is 24.3 Å². The number of nitrogens with one attached hydrogen (secondary N) is 1. The molecule has 20 heavy (non-hydrogen) atoms. The van der Waals surface area contributed by atoms with Gasteiger partial charge in [0.15, 0.2) is 0 Å². The third kappa shape index (κ3) is 3.56. The molecule has 110 valence electrons. The maximum atomic E-state index is 5.66. The molecule has 2 aromatic rings. The SMILES string of the molecule is CCOCCCC(Cc1nn(C)c2ccccc12)NN. The first-order valence-corrected chi connectivity index (χ1v) is 7.20. The van der Waals surface area contributed by atoms with Gasteiger partial charge in [-0.25, -0.2) is 0 Å². The first-order chi connectivity index (χ1) is 9.76. The van der Waals surface area contributed by atoms with E-state index < -0.39 is 0 Å². The summed E-state index contributed by atoms with van der Waals surface area (Å²) >= 11 is 0. The lowest BCUT2D eigenvalue weighted by atomic mass is 10.0. The Labute approximate surface area is 120 Å². The van der Waals surface area contributed by atoms with Crippen LogP contribution in [0.25, 0.3) is 10.9 Å². The van der Waals surface area contributed by atoms with E-state index in [4.69, 9.17) is 10.6 Å². The Bertz CT molecular complexity index is 538. The van der Waals surface area contributed by atoms with Gasteiger partial charge in [-0.2, -0.15) is 5.10 Å². The van der Waals surface area contributed by atoms with Crippen molar-refractivity contribution >= 4 is 10.9 Å². The number of rotatable bonds is 8. The van der Waals surface area contributed by atoms with Crippen molar-refractivity contribution in [2.75, 3.05) is 13.2 Å². The number of hydrazine groups is 1. The van der Waals surface area contributed by atoms with E-state index in [2.05, 4.69) is 22.7 Å². The number of hydrogen-bond donors (Lipinski definition) is 2. The van der Waals surface area contributed by atoms with Crippen molar-refractivity contribution < 1.29 is 4.74 Å². The predicted octanol–water partition coefficient (Wildman–Crippen LogP) is 1.76. The molecule has 0 amide bonds. The van der Waals surface area contributed by atoms with Crippen LogP contribution in [0.4, 0.5) is 0 Å². The van der Waals surface area contributed by atoms with Crippen molar-refractivity contribution in [3.05, 3.63) is 30.0 Å². The minimum Gasteiger partial charge on any atom is -0.382 e. The molecule has 0 saturated carbocycles. The van der Waals surface area contributed by atoms with Crippen LogP contribution in [-0.4, -0.2) is 29.0 Å². The summed E-state index contributed by atoms with van der Waals surface area (Å²) in [6.07, 6.45) is 2.83. The van der Waals surface area contributed by atoms with E-state index >= 15 is 0 Å². The molecule has 0 aliphatic rings. The number of nitrogens with two attached hydrogens (primary N) is 1. The van der Waals surface area contributed by atoms with Gasteiger partial charge in [0.25, 0.3) is 0 Å². The molecule has 0 aliphatic heterocycles. The van der Waals surface area contributed by atoms with Gasteiger partial charge in [-0.15, -0.1) is 0 Å². The van der Waals surface area contributed by atoms with Crippen molar-refractivity contribution in [1.29, 1.82) is 0 Å². The number of fused-ring (bicyclic) bond motifs is 1. The number of hydrogen-bond acceptors (Lipinski definition) is 4. The lowest BCUT2D eigenvalue weighted by Gasteiger charge is -2.14. The highest BCUT2D eigenvalue weighted by Gasteiger charge is 2.13. The second kappa shape index (κ2) is 7.38. The van der Waals surface area contributed by atoms with Gasteiger partial charge >= 0.3 is 0 Å². The Kier molecular flexibility index (Phi) is 5.52. The summed E-state index contributed by atoms with van der Waals surface area (Å²) in [5, 5.41) is 5.82. The minimum absolute atomic E-state index is 0.230. The molecule has 1 heterocycles. The van der Waals surface area contributed by atoms with Crippen LogP contribution in [0, 0.1) is 0 Å². The molecule has 0 bridgehead atoms. The van der Waals surface area contributed by atoms with E-state index in [1.54, 1.807) is 0 Å². The molecule has 0 fully saturated rings. The van der Waals surface area contributed by atoms with Crippen molar-refractivity contribution in [2.24, 2.45) is 12.9 Å². The van der Waals surface area contributed by atoms with Gasteiger partial charge in [-0.3, -0.25) is 16.0 Å². The Morgan fingerprint density at radius 2 is 2.20 bits per heavy atom. The third-order valence-electron chi connectivity index (χ3n) is 3.56. The van der Waals surface area contributed by atoms with Crippen LogP contribution in [0.1, 0.15) is 25.5 Å². The average molecular weight is 276 g/mol. The van der Waals surface area contributed by atoms with E-state index in [0.29, 0.717) is 0 Å². The molecule has 1 aromatic carbocycles. The number of nitrogens with zero attached hydrogens (tertiary/aromatic N) is 2. The van der Waals surface area contributed by atoms with E-state index in [1.807, 2.05) is 30.8 Å². The van der Waals surface area contributed by atoms with Crippen LogP contribution in [0.2, 0.25) is 0 Å². The van der Waals surface area contributed by atoms with Gasteiger partial charge in [-0.1, -0.05) is 18.2 Å². The van der Waals surface area contributed by atoms with Gasteiger partial charge in [0.2, 0.25) is 0 Å². The quantitative estimate of drug-likeness (QED) is 0.438. The zero-order valence-electron chi connectivity index (χ0n) is 12.3. The molecule has 0 radical (unpaired) electrons. The molecule has 0 saturated heterocycles. The summed E-state index contributed by atoms with van der Waals surface area (Å²) in [5.74, 6) is 5.66. The van der Waals surface area contributed by atoms with Crippen molar-refractivity contribution in [2.45, 2.75) is 32.2 Å². The third-order valence-corrected chi connectivity index (χ3v) is 3.56. The largest absolute Gasteiger partial charge is 0.382 e. The Balaban J connectivity index is 2.02. The number of ether oxygens (including phenoxy) is 1. The highest BCUT2D eigenvalue weighted by molar-refractivity contribution is 5.81. The molecule has 3 N–H and O–H groups in total. The zero-order chi connectivity index (χ0) is 14.4. The van der Waals surface area contributed by atoms with Crippen LogP contribution in [0.3, 0.4) is 0 Å². The second-order valence-corrected chi connectivity index (χ2v) is 4.99. The van der Waals surface area contributed by atoms with Crippen molar-refractivity contribution in [1.82, 2.24) is 15.2 Å².